The van der Waals surface area contributed by atoms with Crippen LogP contribution in [0.5, 0.6) is 0 Å². The van der Waals surface area contributed by atoms with Gasteiger partial charge in [-0.1, -0.05) is 29.9 Å². The maximum Gasteiger partial charge on any atom is 0.508 e. The number of hydrogen-bond acceptors (Lipinski definition) is 3. The van der Waals surface area contributed by atoms with E-state index in [4.69, 9.17) is 0 Å². The first-order chi connectivity index (χ1) is 7.83. The third kappa shape index (κ3) is 5.39. The topological polar surface area (TPSA) is 35.5 Å². The van der Waals surface area contributed by atoms with Gasteiger partial charge in [0, 0.05) is 0 Å². The van der Waals surface area contributed by atoms with Crippen LogP contribution in [0.3, 0.4) is 0 Å². The summed E-state index contributed by atoms with van der Waals surface area (Å²) in [5, 5.41) is 0. The SMILES string of the molecule is COC(=O)OCC=CC=CC1=CCCCC1. The maximum atomic E-state index is 10.6. The first-order valence-electron chi connectivity index (χ1n) is 5.56. The third-order valence-electron chi connectivity index (χ3n) is 2.35. The van der Waals surface area contributed by atoms with Crippen molar-refractivity contribution in [2.45, 2.75) is 25.7 Å². The lowest BCUT2D eigenvalue weighted by atomic mass is 9.99. The molecule has 0 fully saturated rings. The van der Waals surface area contributed by atoms with Gasteiger partial charge in [-0.25, -0.2) is 4.79 Å². The van der Waals surface area contributed by atoms with Crippen molar-refractivity contribution in [3.8, 4) is 0 Å². The summed E-state index contributed by atoms with van der Waals surface area (Å²) in [7, 11) is 1.29. The maximum absolute atomic E-state index is 10.6. The molecule has 0 atom stereocenters. The van der Waals surface area contributed by atoms with E-state index in [1.165, 1.54) is 38.4 Å². The fourth-order valence-corrected chi connectivity index (χ4v) is 1.50. The van der Waals surface area contributed by atoms with E-state index in [-0.39, 0.29) is 6.61 Å². The zero-order valence-electron chi connectivity index (χ0n) is 9.65. The Hall–Kier alpha value is -1.51. The molecule has 1 aliphatic rings. The molecule has 1 aliphatic carbocycles. The number of rotatable bonds is 4. The van der Waals surface area contributed by atoms with Gasteiger partial charge in [-0.05, 0) is 31.8 Å². The summed E-state index contributed by atoms with van der Waals surface area (Å²) in [6.45, 7) is 0.246. The molecule has 0 aliphatic heterocycles. The molecule has 0 bridgehead atoms. The lowest BCUT2D eigenvalue weighted by Gasteiger charge is -2.07. The van der Waals surface area contributed by atoms with Crippen molar-refractivity contribution in [2.75, 3.05) is 13.7 Å². The minimum Gasteiger partial charge on any atom is -0.438 e. The van der Waals surface area contributed by atoms with Crippen LogP contribution in [0.25, 0.3) is 0 Å². The Morgan fingerprint density at radius 2 is 2.31 bits per heavy atom. The summed E-state index contributed by atoms with van der Waals surface area (Å²) in [4.78, 5) is 10.6. The minimum atomic E-state index is -0.649. The first-order valence-corrected chi connectivity index (χ1v) is 5.56. The van der Waals surface area contributed by atoms with Crippen LogP contribution < -0.4 is 0 Å². The molecule has 0 radical (unpaired) electrons. The smallest absolute Gasteiger partial charge is 0.438 e. The van der Waals surface area contributed by atoms with Crippen LogP contribution >= 0.6 is 0 Å². The lowest BCUT2D eigenvalue weighted by Crippen LogP contribution is -2.03. The fraction of sp³-hybridized carbons (Fsp3) is 0.462. The Morgan fingerprint density at radius 1 is 1.44 bits per heavy atom. The number of allylic oxidation sites excluding steroid dienone is 5. The summed E-state index contributed by atoms with van der Waals surface area (Å²) in [5.41, 5.74) is 1.39. The predicted molar refractivity (Wildman–Crippen MR) is 63.2 cm³/mol. The van der Waals surface area contributed by atoms with Crippen molar-refractivity contribution >= 4 is 6.16 Å². The normalized spacial score (nSPS) is 16.4. The van der Waals surface area contributed by atoms with Crippen LogP contribution in [0.1, 0.15) is 25.7 Å². The molecular weight excluding hydrogens is 204 g/mol. The second-order valence-electron chi connectivity index (χ2n) is 3.58. The number of hydrogen-bond donors (Lipinski definition) is 0. The van der Waals surface area contributed by atoms with Crippen molar-refractivity contribution < 1.29 is 14.3 Å². The van der Waals surface area contributed by atoms with Gasteiger partial charge in [0.2, 0.25) is 0 Å². The molecule has 3 heteroatoms. The molecule has 3 nitrogen and oxygen atoms in total. The molecule has 0 unspecified atom stereocenters. The molecule has 0 amide bonds. The van der Waals surface area contributed by atoms with E-state index in [9.17, 15) is 4.79 Å². The van der Waals surface area contributed by atoms with Gasteiger partial charge in [-0.3, -0.25) is 0 Å². The van der Waals surface area contributed by atoms with Crippen LogP contribution in [0, 0.1) is 0 Å². The Labute approximate surface area is 96.4 Å². The van der Waals surface area contributed by atoms with Gasteiger partial charge in [-0.15, -0.1) is 0 Å². The fourth-order valence-electron chi connectivity index (χ4n) is 1.50. The lowest BCUT2D eigenvalue weighted by molar-refractivity contribution is 0.0818. The van der Waals surface area contributed by atoms with Gasteiger partial charge in [0.15, 0.2) is 0 Å². The molecule has 0 heterocycles. The summed E-state index contributed by atoms with van der Waals surface area (Å²) in [5.74, 6) is 0. The predicted octanol–water partition coefficient (Wildman–Crippen LogP) is 3.38. The molecule has 1 rings (SSSR count). The average Bonchev–Trinajstić information content (AvgIpc) is 2.34. The van der Waals surface area contributed by atoms with Gasteiger partial charge in [0.25, 0.3) is 0 Å². The summed E-state index contributed by atoms with van der Waals surface area (Å²) in [6.07, 6.45) is 14.3. The largest absolute Gasteiger partial charge is 0.508 e. The Balaban J connectivity index is 2.17. The van der Waals surface area contributed by atoms with Crippen molar-refractivity contribution in [3.63, 3.8) is 0 Å². The number of carbonyl (C=O) groups is 1. The van der Waals surface area contributed by atoms with Crippen LogP contribution in [0.2, 0.25) is 0 Å². The Bertz CT molecular complexity index is 300. The highest BCUT2D eigenvalue weighted by Crippen LogP contribution is 2.17. The van der Waals surface area contributed by atoms with Gasteiger partial charge >= 0.3 is 6.16 Å². The third-order valence-corrected chi connectivity index (χ3v) is 2.35. The number of methoxy groups -OCH3 is 1. The van der Waals surface area contributed by atoms with Crippen LogP contribution in [0.4, 0.5) is 4.79 Å². The van der Waals surface area contributed by atoms with Crippen LogP contribution in [-0.2, 0) is 9.47 Å². The quantitative estimate of drug-likeness (QED) is 0.540. The van der Waals surface area contributed by atoms with E-state index in [0.29, 0.717) is 0 Å². The molecule has 0 aromatic heterocycles. The highest BCUT2D eigenvalue weighted by Gasteiger charge is 1.98. The van der Waals surface area contributed by atoms with Crippen molar-refractivity contribution in [1.29, 1.82) is 0 Å². The molecule has 16 heavy (non-hydrogen) atoms. The van der Waals surface area contributed by atoms with E-state index < -0.39 is 6.16 Å². The zero-order valence-corrected chi connectivity index (χ0v) is 9.65. The van der Waals surface area contributed by atoms with E-state index in [0.717, 1.165) is 0 Å². The van der Waals surface area contributed by atoms with Crippen molar-refractivity contribution in [1.82, 2.24) is 0 Å². The summed E-state index contributed by atoms with van der Waals surface area (Å²) in [6, 6.07) is 0. The monoisotopic (exact) mass is 222 g/mol. The summed E-state index contributed by atoms with van der Waals surface area (Å²) < 4.78 is 9.02. The zero-order chi connectivity index (χ0) is 11.6. The second-order valence-corrected chi connectivity index (χ2v) is 3.58. The average molecular weight is 222 g/mol. The molecule has 0 N–H and O–H groups in total. The molecule has 0 spiro atoms. The second kappa shape index (κ2) is 7.74. The highest BCUT2D eigenvalue weighted by molar-refractivity contribution is 5.59. The molecular formula is C13H18O3. The van der Waals surface area contributed by atoms with Gasteiger partial charge in [0.05, 0.1) is 7.11 Å². The minimum absolute atomic E-state index is 0.246. The first kappa shape index (κ1) is 12.6. The molecule has 0 aromatic carbocycles. The van der Waals surface area contributed by atoms with E-state index in [1.807, 2.05) is 12.2 Å². The Kier molecular flexibility index (Phi) is 6.07. The van der Waals surface area contributed by atoms with Gasteiger partial charge in [-0.2, -0.15) is 0 Å². The molecule has 0 saturated carbocycles. The molecule has 0 saturated heterocycles. The van der Waals surface area contributed by atoms with E-state index in [2.05, 4.69) is 21.6 Å². The summed E-state index contributed by atoms with van der Waals surface area (Å²) >= 11 is 0. The Morgan fingerprint density at radius 3 is 3.00 bits per heavy atom. The highest BCUT2D eigenvalue weighted by atomic mass is 16.7. The standard InChI is InChI=1S/C13H18O3/c1-15-13(14)16-11-7-3-6-10-12-8-4-2-5-9-12/h3,6-8,10H,2,4-5,9,11H2,1H3. The number of ether oxygens (including phenoxy) is 2. The molecule has 88 valence electrons. The van der Waals surface area contributed by atoms with Gasteiger partial charge in [0.1, 0.15) is 6.61 Å². The number of carbonyl (C=O) groups excluding carboxylic acids is 1. The van der Waals surface area contributed by atoms with Crippen LogP contribution in [0.15, 0.2) is 36.0 Å². The van der Waals surface area contributed by atoms with Crippen molar-refractivity contribution in [2.24, 2.45) is 0 Å². The van der Waals surface area contributed by atoms with Gasteiger partial charge < -0.3 is 9.47 Å². The van der Waals surface area contributed by atoms with E-state index >= 15 is 0 Å². The molecule has 0 aromatic rings. The van der Waals surface area contributed by atoms with E-state index in [1.54, 1.807) is 6.08 Å². The van der Waals surface area contributed by atoms with Crippen molar-refractivity contribution in [3.05, 3.63) is 36.0 Å². The van der Waals surface area contributed by atoms with Crippen LogP contribution in [-0.4, -0.2) is 19.9 Å².